The van der Waals surface area contributed by atoms with Gasteiger partial charge < -0.3 is 0 Å². The van der Waals surface area contributed by atoms with E-state index in [9.17, 15) is 14.9 Å². The minimum atomic E-state index is -0.516. The topological polar surface area (TPSA) is 72.6 Å². The molecular weight excluding hydrogens is 332 g/mol. The lowest BCUT2D eigenvalue weighted by Gasteiger charge is -1.99. The molecule has 8 heteroatoms. The molecule has 1 heterocycles. The summed E-state index contributed by atoms with van der Waals surface area (Å²) in [4.78, 5) is 26.3. The fraction of sp³-hybridized carbons (Fsp3) is 0.0769. The Bertz CT molecular complexity index is 686. The summed E-state index contributed by atoms with van der Waals surface area (Å²) < 4.78 is 0.632. The summed E-state index contributed by atoms with van der Waals surface area (Å²) in [5, 5.41) is 10.9. The fourth-order valence-corrected chi connectivity index (χ4v) is 3.26. The Kier molecular flexibility index (Phi) is 5.22. The number of rotatable bonds is 4. The molecule has 0 saturated carbocycles. The summed E-state index contributed by atoms with van der Waals surface area (Å²) in [5.41, 5.74) is 0.539. The number of hydrogen-bond donors (Lipinski definition) is 0. The van der Waals surface area contributed by atoms with Crippen molar-refractivity contribution >= 4 is 56.4 Å². The minimum Gasteiger partial charge on any atom is -0.279 e. The molecule has 0 aromatic heterocycles. The van der Waals surface area contributed by atoms with E-state index in [4.69, 9.17) is 11.6 Å². The Hall–Kier alpha value is -1.57. The summed E-state index contributed by atoms with van der Waals surface area (Å²) in [6, 6.07) is 4.05. The van der Waals surface area contributed by atoms with Gasteiger partial charge in [-0.05, 0) is 23.9 Å². The molecule has 108 valence electrons. The van der Waals surface area contributed by atoms with Gasteiger partial charge in [0.1, 0.15) is 10.1 Å². The normalized spacial score (nSPS) is 16.1. The number of thioether (sulfide) groups is 2. The van der Waals surface area contributed by atoms with Crippen molar-refractivity contribution in [3.05, 3.63) is 57.3 Å². The standard InChI is InChI=1S/C13H9ClN2O3S2/c1-2-5-20-13-15-11(12(17)21-13)7-8-6-9(16(18)19)3-4-10(8)14/h2-4,6-7H,1,5H2/b11-7-. The zero-order valence-electron chi connectivity index (χ0n) is 10.6. The van der Waals surface area contributed by atoms with Crippen LogP contribution in [0.15, 0.2) is 41.5 Å². The lowest BCUT2D eigenvalue weighted by molar-refractivity contribution is -0.384. The number of hydrogen-bond acceptors (Lipinski definition) is 6. The van der Waals surface area contributed by atoms with E-state index in [0.29, 0.717) is 20.7 Å². The second kappa shape index (κ2) is 6.93. The first-order chi connectivity index (χ1) is 10.0. The molecule has 2 rings (SSSR count). The Balaban J connectivity index is 2.32. The number of nitro benzene ring substituents is 1. The Labute approximate surface area is 134 Å². The molecule has 0 amide bonds. The van der Waals surface area contributed by atoms with Gasteiger partial charge in [0.15, 0.2) is 0 Å². The molecule has 0 fully saturated rings. The molecule has 1 aromatic carbocycles. The van der Waals surface area contributed by atoms with Crippen LogP contribution in [0, 0.1) is 10.1 Å². The molecule has 0 aliphatic carbocycles. The maximum absolute atomic E-state index is 11.8. The van der Waals surface area contributed by atoms with E-state index in [1.54, 1.807) is 6.08 Å². The van der Waals surface area contributed by atoms with Gasteiger partial charge in [-0.15, -0.1) is 6.58 Å². The van der Waals surface area contributed by atoms with Gasteiger partial charge in [-0.1, -0.05) is 29.4 Å². The third-order valence-electron chi connectivity index (χ3n) is 2.41. The molecule has 1 aliphatic heterocycles. The molecule has 1 aromatic rings. The highest BCUT2D eigenvalue weighted by Crippen LogP contribution is 2.32. The first-order valence-electron chi connectivity index (χ1n) is 5.71. The summed E-state index contributed by atoms with van der Waals surface area (Å²) in [6.45, 7) is 3.60. The van der Waals surface area contributed by atoms with E-state index in [0.717, 1.165) is 11.8 Å². The van der Waals surface area contributed by atoms with Gasteiger partial charge in [0, 0.05) is 28.5 Å². The van der Waals surface area contributed by atoms with Crippen LogP contribution in [0.2, 0.25) is 5.02 Å². The highest BCUT2D eigenvalue weighted by molar-refractivity contribution is 8.45. The van der Waals surface area contributed by atoms with Crippen molar-refractivity contribution < 1.29 is 9.72 Å². The molecule has 0 saturated heterocycles. The predicted octanol–water partition coefficient (Wildman–Crippen LogP) is 4.14. The Morgan fingerprint density at radius 2 is 2.29 bits per heavy atom. The third-order valence-corrected chi connectivity index (χ3v) is 4.76. The van der Waals surface area contributed by atoms with E-state index in [-0.39, 0.29) is 16.5 Å². The summed E-state index contributed by atoms with van der Waals surface area (Å²) >= 11 is 8.43. The molecule has 0 atom stereocenters. The smallest absolute Gasteiger partial charge is 0.270 e. The van der Waals surface area contributed by atoms with Crippen LogP contribution in [-0.2, 0) is 4.79 Å². The summed E-state index contributed by atoms with van der Waals surface area (Å²) in [7, 11) is 0. The zero-order valence-corrected chi connectivity index (χ0v) is 13.0. The van der Waals surface area contributed by atoms with Crippen molar-refractivity contribution in [3.63, 3.8) is 0 Å². The van der Waals surface area contributed by atoms with Crippen molar-refractivity contribution in [3.8, 4) is 0 Å². The van der Waals surface area contributed by atoms with Crippen LogP contribution in [0.25, 0.3) is 6.08 Å². The Morgan fingerprint density at radius 3 is 2.95 bits per heavy atom. The van der Waals surface area contributed by atoms with Crippen LogP contribution in [0.4, 0.5) is 5.69 Å². The van der Waals surface area contributed by atoms with Crippen LogP contribution in [0.1, 0.15) is 5.56 Å². The quantitative estimate of drug-likeness (QED) is 0.356. The molecule has 0 spiro atoms. The van der Waals surface area contributed by atoms with Crippen molar-refractivity contribution in [1.29, 1.82) is 0 Å². The van der Waals surface area contributed by atoms with Gasteiger partial charge in [0.05, 0.1) is 4.92 Å². The Morgan fingerprint density at radius 1 is 1.52 bits per heavy atom. The first kappa shape index (κ1) is 15.8. The summed E-state index contributed by atoms with van der Waals surface area (Å²) in [5.74, 6) is 0.657. The highest BCUT2D eigenvalue weighted by atomic mass is 35.5. The van der Waals surface area contributed by atoms with Crippen LogP contribution in [0.5, 0.6) is 0 Å². The van der Waals surface area contributed by atoms with Crippen LogP contribution in [-0.4, -0.2) is 20.2 Å². The molecule has 0 radical (unpaired) electrons. The SMILES string of the molecule is C=CCSC1=N/C(=C\c2cc([N+](=O)[O-])ccc2Cl)C(=O)S1. The second-order valence-corrected chi connectivity index (χ2v) is 6.50. The molecular formula is C13H9ClN2O3S2. The highest BCUT2D eigenvalue weighted by Gasteiger charge is 2.22. The molecule has 0 bridgehead atoms. The number of carbonyl (C=O) groups is 1. The average molecular weight is 341 g/mol. The van der Waals surface area contributed by atoms with E-state index in [1.807, 2.05) is 0 Å². The van der Waals surface area contributed by atoms with Crippen molar-refractivity contribution in [2.45, 2.75) is 0 Å². The number of halogens is 1. The van der Waals surface area contributed by atoms with E-state index < -0.39 is 4.92 Å². The van der Waals surface area contributed by atoms with Crippen molar-refractivity contribution in [2.24, 2.45) is 4.99 Å². The van der Waals surface area contributed by atoms with Crippen LogP contribution >= 0.6 is 35.1 Å². The number of benzene rings is 1. The number of carbonyl (C=O) groups excluding carboxylic acids is 1. The monoisotopic (exact) mass is 340 g/mol. The maximum atomic E-state index is 11.8. The number of non-ortho nitro benzene ring substituents is 1. The lowest BCUT2D eigenvalue weighted by atomic mass is 10.1. The third kappa shape index (κ3) is 3.96. The minimum absolute atomic E-state index is 0.0883. The molecule has 0 unspecified atom stereocenters. The summed E-state index contributed by atoms with van der Waals surface area (Å²) in [6.07, 6.45) is 3.18. The molecule has 21 heavy (non-hydrogen) atoms. The number of nitrogens with zero attached hydrogens (tertiary/aromatic N) is 2. The van der Waals surface area contributed by atoms with Gasteiger partial charge in [0.25, 0.3) is 5.69 Å². The van der Waals surface area contributed by atoms with Crippen LogP contribution < -0.4 is 0 Å². The van der Waals surface area contributed by atoms with E-state index in [1.165, 1.54) is 36.0 Å². The second-order valence-electron chi connectivity index (χ2n) is 3.86. The molecule has 5 nitrogen and oxygen atoms in total. The van der Waals surface area contributed by atoms with Gasteiger partial charge >= 0.3 is 0 Å². The van der Waals surface area contributed by atoms with Gasteiger partial charge in [-0.3, -0.25) is 14.9 Å². The largest absolute Gasteiger partial charge is 0.279 e. The zero-order chi connectivity index (χ0) is 15.4. The van der Waals surface area contributed by atoms with Gasteiger partial charge in [-0.2, -0.15) is 0 Å². The van der Waals surface area contributed by atoms with Crippen LogP contribution in [0.3, 0.4) is 0 Å². The molecule has 1 aliphatic rings. The number of aliphatic imine (C=N–C) groups is 1. The van der Waals surface area contributed by atoms with Crippen molar-refractivity contribution in [2.75, 3.05) is 5.75 Å². The van der Waals surface area contributed by atoms with E-state index in [2.05, 4.69) is 11.6 Å². The van der Waals surface area contributed by atoms with E-state index >= 15 is 0 Å². The van der Waals surface area contributed by atoms with Gasteiger partial charge in [0.2, 0.25) is 5.12 Å². The number of nitro groups is 1. The van der Waals surface area contributed by atoms with Crippen molar-refractivity contribution in [1.82, 2.24) is 0 Å². The molecule has 0 N–H and O–H groups in total. The lowest BCUT2D eigenvalue weighted by Crippen LogP contribution is -1.91. The first-order valence-corrected chi connectivity index (χ1v) is 7.89. The predicted molar refractivity (Wildman–Crippen MR) is 88.8 cm³/mol. The van der Waals surface area contributed by atoms with Gasteiger partial charge in [-0.25, -0.2) is 4.99 Å². The maximum Gasteiger partial charge on any atom is 0.270 e. The average Bonchev–Trinajstić information content (AvgIpc) is 2.79. The fourth-order valence-electron chi connectivity index (χ4n) is 1.48.